The van der Waals surface area contributed by atoms with Crippen molar-refractivity contribution in [3.05, 3.63) is 52.2 Å². The molecule has 0 saturated heterocycles. The number of aromatic hydroxyl groups is 1. The van der Waals surface area contributed by atoms with Gasteiger partial charge in [0.1, 0.15) is 5.75 Å². The van der Waals surface area contributed by atoms with Gasteiger partial charge in [-0.05, 0) is 46.5 Å². The molecule has 0 fully saturated rings. The number of thiophene rings is 1. The zero-order valence-corrected chi connectivity index (χ0v) is 11.7. The van der Waals surface area contributed by atoms with Crippen molar-refractivity contribution in [3.63, 3.8) is 0 Å². The van der Waals surface area contributed by atoms with E-state index in [2.05, 4.69) is 12.2 Å². The summed E-state index contributed by atoms with van der Waals surface area (Å²) in [6.07, 6.45) is 0.457. The van der Waals surface area contributed by atoms with Gasteiger partial charge in [0.25, 0.3) is 0 Å². The molecule has 1 aromatic carbocycles. The van der Waals surface area contributed by atoms with E-state index in [1.54, 1.807) is 23.5 Å². The number of benzene rings is 1. The lowest BCUT2D eigenvalue weighted by Gasteiger charge is -2.19. The van der Waals surface area contributed by atoms with Crippen LogP contribution < -0.4 is 5.32 Å². The molecule has 2 rings (SSSR count). The number of phenols is 1. The molecule has 3 N–H and O–H groups in total. The third-order valence-corrected chi connectivity index (χ3v) is 3.89. The molecule has 102 valence electrons. The van der Waals surface area contributed by atoms with Crippen LogP contribution in [0.15, 0.2) is 41.1 Å². The van der Waals surface area contributed by atoms with Gasteiger partial charge in [0.2, 0.25) is 0 Å². The highest BCUT2D eigenvalue weighted by Crippen LogP contribution is 2.21. The van der Waals surface area contributed by atoms with Crippen molar-refractivity contribution in [1.29, 1.82) is 0 Å². The monoisotopic (exact) mass is 277 g/mol. The van der Waals surface area contributed by atoms with Gasteiger partial charge in [-0.25, -0.2) is 0 Å². The molecule has 1 aromatic heterocycles. The van der Waals surface area contributed by atoms with Crippen LogP contribution >= 0.6 is 11.3 Å². The SMILES string of the molecule is CCC(NCC(O)c1ccsc1)c1ccc(O)cc1. The Hall–Kier alpha value is -1.36. The first-order valence-electron chi connectivity index (χ1n) is 6.43. The van der Waals surface area contributed by atoms with Gasteiger partial charge in [-0.3, -0.25) is 0 Å². The van der Waals surface area contributed by atoms with E-state index in [0.717, 1.165) is 17.5 Å². The van der Waals surface area contributed by atoms with Crippen molar-refractivity contribution in [1.82, 2.24) is 5.32 Å². The van der Waals surface area contributed by atoms with Gasteiger partial charge < -0.3 is 15.5 Å². The molecule has 0 aliphatic heterocycles. The van der Waals surface area contributed by atoms with E-state index >= 15 is 0 Å². The Morgan fingerprint density at radius 2 is 1.89 bits per heavy atom. The predicted octanol–water partition coefficient (Wildman–Crippen LogP) is 3.23. The second kappa shape index (κ2) is 6.70. The van der Waals surface area contributed by atoms with Crippen molar-refractivity contribution in [3.8, 4) is 5.75 Å². The van der Waals surface area contributed by atoms with Crippen LogP contribution in [0.4, 0.5) is 0 Å². The van der Waals surface area contributed by atoms with E-state index < -0.39 is 6.10 Å². The fourth-order valence-corrected chi connectivity index (χ4v) is 2.75. The average molecular weight is 277 g/mol. The lowest BCUT2D eigenvalue weighted by atomic mass is 10.0. The Kier molecular flexibility index (Phi) is 4.96. The van der Waals surface area contributed by atoms with Crippen LogP contribution in [0.3, 0.4) is 0 Å². The maximum atomic E-state index is 10.0. The van der Waals surface area contributed by atoms with Crippen molar-refractivity contribution < 1.29 is 10.2 Å². The summed E-state index contributed by atoms with van der Waals surface area (Å²) in [5, 5.41) is 26.6. The molecule has 0 aliphatic carbocycles. The summed E-state index contributed by atoms with van der Waals surface area (Å²) in [4.78, 5) is 0. The van der Waals surface area contributed by atoms with Crippen LogP contribution in [0.2, 0.25) is 0 Å². The zero-order chi connectivity index (χ0) is 13.7. The summed E-state index contributed by atoms with van der Waals surface area (Å²) in [6, 6.07) is 9.33. The third kappa shape index (κ3) is 3.80. The van der Waals surface area contributed by atoms with Crippen LogP contribution in [0, 0.1) is 0 Å². The topological polar surface area (TPSA) is 52.5 Å². The highest BCUT2D eigenvalue weighted by molar-refractivity contribution is 7.07. The number of rotatable bonds is 6. The third-order valence-electron chi connectivity index (χ3n) is 3.19. The fourth-order valence-electron chi connectivity index (χ4n) is 2.04. The van der Waals surface area contributed by atoms with Gasteiger partial charge in [0.05, 0.1) is 6.10 Å². The lowest BCUT2D eigenvalue weighted by Crippen LogP contribution is -2.26. The van der Waals surface area contributed by atoms with Crippen molar-refractivity contribution in [2.45, 2.75) is 25.5 Å². The summed E-state index contributed by atoms with van der Waals surface area (Å²) < 4.78 is 0. The van der Waals surface area contributed by atoms with E-state index in [9.17, 15) is 10.2 Å². The summed E-state index contributed by atoms with van der Waals surface area (Å²) in [5.74, 6) is 0.275. The minimum atomic E-state index is -0.475. The Bertz CT molecular complexity index is 481. The number of aliphatic hydroxyl groups is 1. The Labute approximate surface area is 117 Å². The van der Waals surface area contributed by atoms with Crippen LogP contribution in [-0.4, -0.2) is 16.8 Å². The van der Waals surface area contributed by atoms with E-state index in [4.69, 9.17) is 0 Å². The Balaban J connectivity index is 1.94. The second-order valence-electron chi connectivity index (χ2n) is 4.53. The molecular weight excluding hydrogens is 258 g/mol. The summed E-state index contributed by atoms with van der Waals surface area (Å²) in [6.45, 7) is 2.62. The smallest absolute Gasteiger partial charge is 0.115 e. The van der Waals surface area contributed by atoms with Gasteiger partial charge in [0.15, 0.2) is 0 Å². The van der Waals surface area contributed by atoms with Gasteiger partial charge in [-0.2, -0.15) is 11.3 Å². The van der Waals surface area contributed by atoms with Crippen LogP contribution in [0.25, 0.3) is 0 Å². The molecule has 1 heterocycles. The zero-order valence-electron chi connectivity index (χ0n) is 10.9. The normalized spacial score (nSPS) is 14.2. The number of hydrogen-bond donors (Lipinski definition) is 3. The molecule has 0 spiro atoms. The summed E-state index contributed by atoms with van der Waals surface area (Å²) in [5.41, 5.74) is 2.08. The van der Waals surface area contributed by atoms with E-state index in [0.29, 0.717) is 6.54 Å². The average Bonchev–Trinajstić information content (AvgIpc) is 2.95. The van der Waals surface area contributed by atoms with E-state index in [1.165, 1.54) is 0 Å². The molecule has 19 heavy (non-hydrogen) atoms. The molecule has 0 aliphatic rings. The van der Waals surface area contributed by atoms with Crippen LogP contribution in [-0.2, 0) is 0 Å². The quantitative estimate of drug-likeness (QED) is 0.760. The molecule has 4 heteroatoms. The largest absolute Gasteiger partial charge is 0.508 e. The molecule has 2 unspecified atom stereocenters. The van der Waals surface area contributed by atoms with E-state index in [1.807, 2.05) is 29.0 Å². The lowest BCUT2D eigenvalue weighted by molar-refractivity contribution is 0.170. The van der Waals surface area contributed by atoms with Gasteiger partial charge in [-0.15, -0.1) is 0 Å². The van der Waals surface area contributed by atoms with Crippen LogP contribution in [0.1, 0.15) is 36.6 Å². The first-order valence-corrected chi connectivity index (χ1v) is 7.37. The molecule has 0 saturated carbocycles. The minimum absolute atomic E-state index is 0.189. The first-order chi connectivity index (χ1) is 9.20. The number of hydrogen-bond acceptors (Lipinski definition) is 4. The van der Waals surface area contributed by atoms with Gasteiger partial charge >= 0.3 is 0 Å². The predicted molar refractivity (Wildman–Crippen MR) is 78.4 cm³/mol. The number of aliphatic hydroxyl groups excluding tert-OH is 1. The number of nitrogens with one attached hydrogen (secondary N) is 1. The Morgan fingerprint density at radius 1 is 1.16 bits per heavy atom. The Morgan fingerprint density at radius 3 is 2.47 bits per heavy atom. The fraction of sp³-hybridized carbons (Fsp3) is 0.333. The summed E-state index contributed by atoms with van der Waals surface area (Å²) in [7, 11) is 0. The molecular formula is C15H19NO2S. The highest BCUT2D eigenvalue weighted by atomic mass is 32.1. The molecule has 3 nitrogen and oxygen atoms in total. The molecule has 2 atom stereocenters. The molecule has 2 aromatic rings. The highest BCUT2D eigenvalue weighted by Gasteiger charge is 2.12. The first kappa shape index (κ1) is 14.1. The maximum absolute atomic E-state index is 10.0. The number of phenolic OH excluding ortho intramolecular Hbond substituents is 1. The maximum Gasteiger partial charge on any atom is 0.115 e. The van der Waals surface area contributed by atoms with Gasteiger partial charge in [-0.1, -0.05) is 19.1 Å². The molecule has 0 amide bonds. The van der Waals surface area contributed by atoms with E-state index in [-0.39, 0.29) is 11.8 Å². The van der Waals surface area contributed by atoms with Crippen molar-refractivity contribution in [2.24, 2.45) is 0 Å². The minimum Gasteiger partial charge on any atom is -0.508 e. The standard InChI is InChI=1S/C15H19NO2S/c1-2-14(11-3-5-13(17)6-4-11)16-9-15(18)12-7-8-19-10-12/h3-8,10,14-18H,2,9H2,1H3. The van der Waals surface area contributed by atoms with Crippen LogP contribution in [0.5, 0.6) is 5.75 Å². The molecule has 0 radical (unpaired) electrons. The summed E-state index contributed by atoms with van der Waals surface area (Å²) >= 11 is 1.59. The second-order valence-corrected chi connectivity index (χ2v) is 5.31. The van der Waals surface area contributed by atoms with Gasteiger partial charge in [0, 0.05) is 12.6 Å². The van der Waals surface area contributed by atoms with Crippen molar-refractivity contribution >= 4 is 11.3 Å². The molecule has 0 bridgehead atoms. The van der Waals surface area contributed by atoms with Crippen molar-refractivity contribution in [2.75, 3.05) is 6.54 Å².